The van der Waals surface area contributed by atoms with E-state index in [9.17, 15) is 14.0 Å². The lowest BCUT2D eigenvalue weighted by atomic mass is 10.2. The van der Waals surface area contributed by atoms with E-state index in [1.807, 2.05) is 0 Å². The molecule has 0 aliphatic carbocycles. The highest BCUT2D eigenvalue weighted by Crippen LogP contribution is 2.02. The molecule has 1 aromatic carbocycles. The normalized spacial score (nSPS) is 9.95. The van der Waals surface area contributed by atoms with Crippen molar-refractivity contribution in [2.24, 2.45) is 0 Å². The Morgan fingerprint density at radius 1 is 0.952 bits per heavy atom. The van der Waals surface area contributed by atoms with E-state index in [4.69, 9.17) is 0 Å². The zero-order valence-electron chi connectivity index (χ0n) is 11.2. The molecular weight excluding hydrogens is 273 g/mol. The van der Waals surface area contributed by atoms with E-state index < -0.39 is 5.82 Å². The minimum atomic E-state index is -0.393. The highest BCUT2D eigenvalue weighted by atomic mass is 19.1. The molecule has 5 nitrogen and oxygen atoms in total. The Morgan fingerprint density at radius 2 is 1.57 bits per heavy atom. The predicted molar refractivity (Wildman–Crippen MR) is 75.3 cm³/mol. The molecule has 0 aliphatic heterocycles. The van der Waals surface area contributed by atoms with Gasteiger partial charge in [-0.25, -0.2) is 4.39 Å². The van der Waals surface area contributed by atoms with Gasteiger partial charge in [0.25, 0.3) is 11.8 Å². The first-order valence-corrected chi connectivity index (χ1v) is 6.39. The minimum Gasteiger partial charge on any atom is -0.350 e. The summed E-state index contributed by atoms with van der Waals surface area (Å²) in [5.41, 5.74) is 0.831. The number of hydrogen-bond acceptors (Lipinski definition) is 3. The molecule has 0 saturated heterocycles. The van der Waals surface area contributed by atoms with Crippen LogP contribution in [0.15, 0.2) is 48.8 Å². The van der Waals surface area contributed by atoms with Gasteiger partial charge < -0.3 is 10.6 Å². The monoisotopic (exact) mass is 287 g/mol. The molecule has 1 aromatic heterocycles. The van der Waals surface area contributed by atoms with Gasteiger partial charge in [0.05, 0.1) is 5.56 Å². The van der Waals surface area contributed by atoms with Crippen LogP contribution in [0.5, 0.6) is 0 Å². The summed E-state index contributed by atoms with van der Waals surface area (Å²) in [7, 11) is 0. The number of pyridine rings is 1. The first-order chi connectivity index (χ1) is 10.2. The lowest BCUT2D eigenvalue weighted by molar-refractivity contribution is 0.0927. The molecule has 108 valence electrons. The largest absolute Gasteiger partial charge is 0.350 e. The summed E-state index contributed by atoms with van der Waals surface area (Å²) in [6.45, 7) is 0.572. The van der Waals surface area contributed by atoms with E-state index in [0.29, 0.717) is 17.7 Å². The highest BCUT2D eigenvalue weighted by molar-refractivity contribution is 5.95. The number of carbonyl (C=O) groups is 2. The lowest BCUT2D eigenvalue weighted by Gasteiger charge is -2.07. The molecular formula is C15H14FN3O2. The number of carbonyl (C=O) groups excluding carboxylic acids is 2. The van der Waals surface area contributed by atoms with Crippen molar-refractivity contribution in [3.63, 3.8) is 0 Å². The molecule has 0 spiro atoms. The summed E-state index contributed by atoms with van der Waals surface area (Å²) in [5, 5.41) is 5.29. The number of hydrogen-bond donors (Lipinski definition) is 2. The Morgan fingerprint density at radius 3 is 2.14 bits per heavy atom. The summed E-state index contributed by atoms with van der Waals surface area (Å²) >= 11 is 0. The van der Waals surface area contributed by atoms with Gasteiger partial charge in [0.15, 0.2) is 0 Å². The lowest BCUT2D eigenvalue weighted by Crippen LogP contribution is -2.34. The third-order valence-corrected chi connectivity index (χ3v) is 2.73. The first kappa shape index (κ1) is 14.6. The number of benzene rings is 1. The van der Waals surface area contributed by atoms with Gasteiger partial charge in [0.1, 0.15) is 5.82 Å². The fraction of sp³-hybridized carbons (Fsp3) is 0.133. The van der Waals surface area contributed by atoms with Crippen LogP contribution in [-0.2, 0) is 0 Å². The van der Waals surface area contributed by atoms with Crippen LogP contribution in [-0.4, -0.2) is 29.9 Å². The Kier molecular flexibility index (Phi) is 4.98. The van der Waals surface area contributed by atoms with Crippen molar-refractivity contribution in [2.75, 3.05) is 13.1 Å². The Labute approximate surface area is 121 Å². The molecule has 1 heterocycles. The van der Waals surface area contributed by atoms with Gasteiger partial charge in [0, 0.05) is 31.0 Å². The van der Waals surface area contributed by atoms with Crippen molar-refractivity contribution in [1.29, 1.82) is 0 Å². The van der Waals surface area contributed by atoms with Crippen molar-refractivity contribution in [3.05, 3.63) is 65.7 Å². The number of amides is 2. The van der Waals surface area contributed by atoms with E-state index in [1.165, 1.54) is 30.5 Å². The molecule has 0 saturated carbocycles. The van der Waals surface area contributed by atoms with Gasteiger partial charge in [-0.2, -0.15) is 0 Å². The van der Waals surface area contributed by atoms with Crippen LogP contribution in [0.2, 0.25) is 0 Å². The van der Waals surface area contributed by atoms with Crippen molar-refractivity contribution in [3.8, 4) is 0 Å². The number of halogens is 1. The molecule has 2 amide bonds. The molecule has 2 N–H and O–H groups in total. The summed E-state index contributed by atoms with van der Waals surface area (Å²) < 4.78 is 12.7. The van der Waals surface area contributed by atoms with Crippen LogP contribution in [0.3, 0.4) is 0 Å². The Balaban J connectivity index is 1.73. The van der Waals surface area contributed by atoms with E-state index in [2.05, 4.69) is 15.6 Å². The van der Waals surface area contributed by atoms with Gasteiger partial charge in [-0.15, -0.1) is 0 Å². The summed E-state index contributed by atoms with van der Waals surface area (Å²) in [6.07, 6.45) is 3.05. The Bertz CT molecular complexity index is 615. The van der Waals surface area contributed by atoms with E-state index in [-0.39, 0.29) is 18.4 Å². The van der Waals surface area contributed by atoms with Crippen LogP contribution in [0.1, 0.15) is 20.7 Å². The SMILES string of the molecule is O=C(NCCNC(=O)c1cccnc1)c1ccc(F)cc1. The first-order valence-electron chi connectivity index (χ1n) is 6.39. The van der Waals surface area contributed by atoms with Crippen LogP contribution in [0.25, 0.3) is 0 Å². The number of aromatic nitrogens is 1. The smallest absolute Gasteiger partial charge is 0.252 e. The molecule has 2 rings (SSSR count). The third-order valence-electron chi connectivity index (χ3n) is 2.73. The number of nitrogens with one attached hydrogen (secondary N) is 2. The number of rotatable bonds is 5. The highest BCUT2D eigenvalue weighted by Gasteiger charge is 2.06. The van der Waals surface area contributed by atoms with Crippen LogP contribution in [0.4, 0.5) is 4.39 Å². The van der Waals surface area contributed by atoms with Gasteiger partial charge >= 0.3 is 0 Å². The molecule has 2 aromatic rings. The second-order valence-electron chi connectivity index (χ2n) is 4.26. The molecule has 6 heteroatoms. The predicted octanol–water partition coefficient (Wildman–Crippen LogP) is 1.38. The quantitative estimate of drug-likeness (QED) is 0.816. The molecule has 0 bridgehead atoms. The maximum Gasteiger partial charge on any atom is 0.252 e. The van der Waals surface area contributed by atoms with Gasteiger partial charge in [-0.1, -0.05) is 0 Å². The topological polar surface area (TPSA) is 71.1 Å². The summed E-state index contributed by atoms with van der Waals surface area (Å²) in [4.78, 5) is 27.3. The fourth-order valence-corrected chi connectivity index (χ4v) is 1.65. The molecule has 21 heavy (non-hydrogen) atoms. The third kappa shape index (κ3) is 4.38. The van der Waals surface area contributed by atoms with Crippen molar-refractivity contribution in [1.82, 2.24) is 15.6 Å². The standard InChI is InChI=1S/C15H14FN3O2/c16-13-5-3-11(4-6-13)14(20)18-8-9-19-15(21)12-2-1-7-17-10-12/h1-7,10H,8-9H2,(H,18,20)(H,19,21). The maximum absolute atomic E-state index is 12.7. The minimum absolute atomic E-state index is 0.251. The van der Waals surface area contributed by atoms with Gasteiger partial charge in [0.2, 0.25) is 0 Å². The van der Waals surface area contributed by atoms with Gasteiger partial charge in [-0.3, -0.25) is 14.6 Å². The zero-order chi connectivity index (χ0) is 15.1. The molecule has 0 radical (unpaired) electrons. The van der Waals surface area contributed by atoms with Crippen LogP contribution < -0.4 is 10.6 Å². The zero-order valence-corrected chi connectivity index (χ0v) is 11.2. The second-order valence-corrected chi connectivity index (χ2v) is 4.26. The van der Waals surface area contributed by atoms with Crippen molar-refractivity contribution >= 4 is 11.8 Å². The molecule has 0 fully saturated rings. The van der Waals surface area contributed by atoms with Crippen LogP contribution in [0, 0.1) is 5.82 Å². The second kappa shape index (κ2) is 7.14. The van der Waals surface area contributed by atoms with E-state index >= 15 is 0 Å². The molecule has 0 unspecified atom stereocenters. The van der Waals surface area contributed by atoms with Gasteiger partial charge in [-0.05, 0) is 36.4 Å². The van der Waals surface area contributed by atoms with E-state index in [1.54, 1.807) is 18.3 Å². The fourth-order valence-electron chi connectivity index (χ4n) is 1.65. The van der Waals surface area contributed by atoms with Crippen molar-refractivity contribution < 1.29 is 14.0 Å². The Hall–Kier alpha value is -2.76. The number of nitrogens with zero attached hydrogens (tertiary/aromatic N) is 1. The maximum atomic E-state index is 12.7. The van der Waals surface area contributed by atoms with Crippen molar-refractivity contribution in [2.45, 2.75) is 0 Å². The van der Waals surface area contributed by atoms with E-state index in [0.717, 1.165) is 0 Å². The summed E-state index contributed by atoms with van der Waals surface area (Å²) in [6, 6.07) is 8.57. The molecule has 0 atom stereocenters. The molecule has 0 aliphatic rings. The average molecular weight is 287 g/mol. The summed E-state index contributed by atoms with van der Waals surface area (Å²) in [5.74, 6) is -0.958. The average Bonchev–Trinajstić information content (AvgIpc) is 2.52. The van der Waals surface area contributed by atoms with Crippen LogP contribution >= 0.6 is 0 Å².